The van der Waals surface area contributed by atoms with E-state index in [1.165, 1.54) is 24.3 Å². The molecule has 18 heavy (non-hydrogen) atoms. The summed E-state index contributed by atoms with van der Waals surface area (Å²) in [5.74, 6) is -1.51. The highest BCUT2D eigenvalue weighted by atomic mass is 16.5. The van der Waals surface area contributed by atoms with Crippen LogP contribution in [0.4, 0.5) is 0 Å². The minimum atomic E-state index is -1.01. The summed E-state index contributed by atoms with van der Waals surface area (Å²) in [6.07, 6.45) is 1.74. The van der Waals surface area contributed by atoms with Gasteiger partial charge in [-0.1, -0.05) is 25.5 Å². The number of nitrogens with two attached hydrogens (primary N) is 1. The first-order valence-corrected chi connectivity index (χ1v) is 5.81. The van der Waals surface area contributed by atoms with Crippen LogP contribution in [0, 0.1) is 0 Å². The molecule has 0 fully saturated rings. The van der Waals surface area contributed by atoms with Gasteiger partial charge in [-0.15, -0.1) is 0 Å². The third-order valence-corrected chi connectivity index (χ3v) is 2.51. The van der Waals surface area contributed by atoms with E-state index in [2.05, 4.69) is 0 Å². The van der Waals surface area contributed by atoms with E-state index in [4.69, 9.17) is 15.6 Å². The number of ether oxygens (including phenoxy) is 1. The van der Waals surface area contributed by atoms with E-state index in [9.17, 15) is 9.59 Å². The maximum absolute atomic E-state index is 11.6. The Morgan fingerprint density at radius 1 is 1.33 bits per heavy atom. The number of aromatic carboxylic acids is 1. The lowest BCUT2D eigenvalue weighted by molar-refractivity contribution is -0.145. The monoisotopic (exact) mass is 251 g/mol. The topological polar surface area (TPSA) is 89.6 Å². The molecule has 98 valence electrons. The summed E-state index contributed by atoms with van der Waals surface area (Å²) >= 11 is 0. The van der Waals surface area contributed by atoms with Crippen molar-refractivity contribution >= 4 is 11.9 Å². The third-order valence-electron chi connectivity index (χ3n) is 2.51. The fraction of sp³-hybridized carbons (Fsp3) is 0.385. The second kappa shape index (κ2) is 6.76. The van der Waals surface area contributed by atoms with Gasteiger partial charge >= 0.3 is 11.9 Å². The fourth-order valence-corrected chi connectivity index (χ4v) is 1.38. The summed E-state index contributed by atoms with van der Waals surface area (Å²) in [4.78, 5) is 22.2. The average molecular weight is 251 g/mol. The lowest BCUT2D eigenvalue weighted by Gasteiger charge is -2.11. The van der Waals surface area contributed by atoms with Gasteiger partial charge in [0.05, 0.1) is 12.2 Å². The molecule has 0 aromatic heterocycles. The standard InChI is InChI=1S/C13H17NO4/c1-2-3-8-18-13(17)11(14)9-4-6-10(7-5-9)12(15)16/h4-7,11H,2-3,8,14H2,1H3,(H,15,16). The van der Waals surface area contributed by atoms with Gasteiger partial charge < -0.3 is 15.6 Å². The van der Waals surface area contributed by atoms with E-state index in [1.807, 2.05) is 6.92 Å². The fourth-order valence-electron chi connectivity index (χ4n) is 1.38. The molecule has 0 amide bonds. The summed E-state index contributed by atoms with van der Waals surface area (Å²) in [5.41, 5.74) is 6.43. The van der Waals surface area contributed by atoms with Crippen LogP contribution in [0.5, 0.6) is 0 Å². The van der Waals surface area contributed by atoms with Crippen LogP contribution >= 0.6 is 0 Å². The normalized spacial score (nSPS) is 11.9. The summed E-state index contributed by atoms with van der Waals surface area (Å²) < 4.78 is 5.00. The first-order chi connectivity index (χ1) is 8.56. The zero-order valence-corrected chi connectivity index (χ0v) is 10.3. The van der Waals surface area contributed by atoms with Crippen molar-refractivity contribution in [2.24, 2.45) is 5.73 Å². The van der Waals surface area contributed by atoms with E-state index >= 15 is 0 Å². The van der Waals surface area contributed by atoms with E-state index < -0.39 is 18.0 Å². The van der Waals surface area contributed by atoms with Crippen LogP contribution in [-0.2, 0) is 9.53 Å². The van der Waals surface area contributed by atoms with Crippen molar-refractivity contribution in [2.45, 2.75) is 25.8 Å². The highest BCUT2D eigenvalue weighted by Gasteiger charge is 2.17. The smallest absolute Gasteiger partial charge is 0.335 e. The molecule has 0 spiro atoms. The van der Waals surface area contributed by atoms with Crippen LogP contribution in [0.1, 0.15) is 41.7 Å². The minimum absolute atomic E-state index is 0.158. The summed E-state index contributed by atoms with van der Waals surface area (Å²) in [6.45, 7) is 2.36. The Morgan fingerprint density at radius 3 is 2.44 bits per heavy atom. The molecule has 0 aliphatic carbocycles. The summed E-state index contributed by atoms with van der Waals surface area (Å²) in [6, 6.07) is 5.00. The van der Waals surface area contributed by atoms with Crippen molar-refractivity contribution in [3.05, 3.63) is 35.4 Å². The lowest BCUT2D eigenvalue weighted by atomic mass is 10.1. The van der Waals surface area contributed by atoms with Crippen molar-refractivity contribution in [3.8, 4) is 0 Å². The molecular formula is C13H17NO4. The van der Waals surface area contributed by atoms with Gasteiger partial charge in [-0.25, -0.2) is 9.59 Å². The molecule has 0 bridgehead atoms. The van der Waals surface area contributed by atoms with E-state index in [0.29, 0.717) is 12.2 Å². The number of carboxylic acid groups (broad SMARTS) is 1. The van der Waals surface area contributed by atoms with Gasteiger partial charge in [0, 0.05) is 0 Å². The number of benzene rings is 1. The molecule has 5 nitrogen and oxygen atoms in total. The maximum atomic E-state index is 11.6. The number of carbonyl (C=O) groups is 2. The van der Waals surface area contributed by atoms with Gasteiger partial charge in [0.25, 0.3) is 0 Å². The predicted molar refractivity (Wildman–Crippen MR) is 66.2 cm³/mol. The molecule has 1 rings (SSSR count). The van der Waals surface area contributed by atoms with Crippen molar-refractivity contribution in [3.63, 3.8) is 0 Å². The maximum Gasteiger partial charge on any atom is 0.335 e. The molecule has 1 unspecified atom stereocenters. The molecule has 0 radical (unpaired) electrons. The molecule has 0 aliphatic rings. The van der Waals surface area contributed by atoms with Crippen molar-refractivity contribution in [1.82, 2.24) is 0 Å². The molecule has 0 heterocycles. The van der Waals surface area contributed by atoms with Gasteiger partial charge in [-0.3, -0.25) is 0 Å². The Bertz CT molecular complexity index is 414. The number of unbranched alkanes of at least 4 members (excludes halogenated alkanes) is 1. The first kappa shape index (κ1) is 14.2. The molecule has 0 aliphatic heterocycles. The minimum Gasteiger partial charge on any atom is -0.478 e. The van der Waals surface area contributed by atoms with Gasteiger partial charge in [0.15, 0.2) is 0 Å². The van der Waals surface area contributed by atoms with Gasteiger partial charge in [0.1, 0.15) is 6.04 Å². The number of carboxylic acids is 1. The number of carbonyl (C=O) groups excluding carboxylic acids is 1. The van der Waals surface area contributed by atoms with Gasteiger partial charge in [0.2, 0.25) is 0 Å². The number of hydrogen-bond acceptors (Lipinski definition) is 4. The largest absolute Gasteiger partial charge is 0.478 e. The molecule has 0 saturated carbocycles. The van der Waals surface area contributed by atoms with Crippen LogP contribution in [0.25, 0.3) is 0 Å². The zero-order valence-electron chi connectivity index (χ0n) is 10.3. The van der Waals surface area contributed by atoms with Crippen LogP contribution in [-0.4, -0.2) is 23.7 Å². The highest BCUT2D eigenvalue weighted by molar-refractivity contribution is 5.87. The Morgan fingerprint density at radius 2 is 1.94 bits per heavy atom. The van der Waals surface area contributed by atoms with Crippen molar-refractivity contribution in [1.29, 1.82) is 0 Å². The van der Waals surface area contributed by atoms with E-state index in [1.54, 1.807) is 0 Å². The summed E-state index contributed by atoms with van der Waals surface area (Å²) in [7, 11) is 0. The predicted octanol–water partition coefficient (Wildman–Crippen LogP) is 1.73. The number of hydrogen-bond donors (Lipinski definition) is 2. The number of esters is 1. The molecule has 0 saturated heterocycles. The van der Waals surface area contributed by atoms with Crippen molar-refractivity contribution in [2.75, 3.05) is 6.61 Å². The average Bonchev–Trinajstić information content (AvgIpc) is 2.38. The Labute approximate surface area is 106 Å². The Kier molecular flexibility index (Phi) is 5.32. The zero-order chi connectivity index (χ0) is 13.5. The molecular weight excluding hydrogens is 234 g/mol. The Hall–Kier alpha value is -1.88. The van der Waals surface area contributed by atoms with Gasteiger partial charge in [-0.05, 0) is 24.1 Å². The molecule has 1 atom stereocenters. The molecule has 1 aromatic rings. The van der Waals surface area contributed by atoms with Crippen molar-refractivity contribution < 1.29 is 19.4 Å². The molecule has 1 aromatic carbocycles. The van der Waals surface area contributed by atoms with E-state index in [-0.39, 0.29) is 5.56 Å². The highest BCUT2D eigenvalue weighted by Crippen LogP contribution is 2.13. The third kappa shape index (κ3) is 3.85. The second-order valence-electron chi connectivity index (χ2n) is 3.93. The second-order valence-corrected chi connectivity index (χ2v) is 3.93. The lowest BCUT2D eigenvalue weighted by Crippen LogP contribution is -2.24. The van der Waals surface area contributed by atoms with Crippen LogP contribution in [0.15, 0.2) is 24.3 Å². The SMILES string of the molecule is CCCCOC(=O)C(N)c1ccc(C(=O)O)cc1. The van der Waals surface area contributed by atoms with Crippen LogP contribution < -0.4 is 5.73 Å². The quantitative estimate of drug-likeness (QED) is 0.593. The van der Waals surface area contributed by atoms with E-state index in [0.717, 1.165) is 12.8 Å². The summed E-state index contributed by atoms with van der Waals surface area (Å²) in [5, 5.41) is 8.74. The van der Waals surface area contributed by atoms with Crippen LogP contribution in [0.2, 0.25) is 0 Å². The number of rotatable bonds is 6. The molecule has 5 heteroatoms. The Balaban J connectivity index is 2.63. The van der Waals surface area contributed by atoms with Crippen LogP contribution in [0.3, 0.4) is 0 Å². The first-order valence-electron chi connectivity index (χ1n) is 5.81. The van der Waals surface area contributed by atoms with Gasteiger partial charge in [-0.2, -0.15) is 0 Å². The molecule has 3 N–H and O–H groups in total.